The summed E-state index contributed by atoms with van der Waals surface area (Å²) in [4.78, 5) is 32.0. The molecule has 0 fully saturated rings. The molecule has 0 radical (unpaired) electrons. The molecule has 0 bridgehead atoms. The third-order valence-corrected chi connectivity index (χ3v) is 4.59. The molecule has 0 aromatic heterocycles. The van der Waals surface area contributed by atoms with Crippen molar-refractivity contribution < 1.29 is 28.0 Å². The van der Waals surface area contributed by atoms with Crippen molar-refractivity contribution in [3.8, 4) is 0 Å². The third kappa shape index (κ3) is 6.24. The summed E-state index contributed by atoms with van der Waals surface area (Å²) in [6.07, 6.45) is 0.885. The second-order valence-corrected chi connectivity index (χ2v) is 7.57. The summed E-state index contributed by atoms with van der Waals surface area (Å²) in [5.74, 6) is -1.41. The van der Waals surface area contributed by atoms with E-state index in [1.807, 2.05) is 0 Å². The van der Waals surface area contributed by atoms with Crippen LogP contribution in [0.3, 0.4) is 0 Å². The van der Waals surface area contributed by atoms with Crippen molar-refractivity contribution in [2.45, 2.75) is 4.90 Å². The first-order valence-corrected chi connectivity index (χ1v) is 9.23. The molecule has 0 unspecified atom stereocenters. The lowest BCUT2D eigenvalue weighted by Gasteiger charge is -2.06. The van der Waals surface area contributed by atoms with Gasteiger partial charge in [0.05, 0.1) is 15.6 Å². The van der Waals surface area contributed by atoms with Crippen molar-refractivity contribution in [1.29, 1.82) is 0 Å². The van der Waals surface area contributed by atoms with Gasteiger partial charge in [0.2, 0.25) is 0 Å². The SMILES string of the molecule is CS(=O)(=O)c1cc(C(=O)NCCSCC(=O)O)cc([N+](=O)[O-])c1. The minimum atomic E-state index is -3.71. The van der Waals surface area contributed by atoms with E-state index in [1.165, 1.54) is 0 Å². The highest BCUT2D eigenvalue weighted by Crippen LogP contribution is 2.20. The molecule has 0 saturated heterocycles. The van der Waals surface area contributed by atoms with Gasteiger partial charge < -0.3 is 10.4 Å². The normalized spacial score (nSPS) is 11.0. The van der Waals surface area contributed by atoms with Crippen LogP contribution in [0.1, 0.15) is 10.4 Å². The molecule has 1 amide bonds. The zero-order valence-corrected chi connectivity index (χ0v) is 13.6. The molecule has 0 heterocycles. The molecule has 0 spiro atoms. The zero-order chi connectivity index (χ0) is 17.6. The number of nitro benzene ring substituents is 1. The smallest absolute Gasteiger partial charge is 0.313 e. The number of nitrogens with zero attached hydrogens (tertiary/aromatic N) is 1. The van der Waals surface area contributed by atoms with Crippen LogP contribution in [0.15, 0.2) is 23.1 Å². The van der Waals surface area contributed by atoms with Crippen molar-refractivity contribution in [2.75, 3.05) is 24.3 Å². The van der Waals surface area contributed by atoms with E-state index in [-0.39, 0.29) is 22.8 Å². The molecule has 1 aromatic carbocycles. The van der Waals surface area contributed by atoms with E-state index >= 15 is 0 Å². The van der Waals surface area contributed by atoms with Gasteiger partial charge in [-0.3, -0.25) is 19.7 Å². The number of hydrogen-bond acceptors (Lipinski definition) is 7. The quantitative estimate of drug-likeness (QED) is 0.387. The number of benzene rings is 1. The first kappa shape index (κ1) is 18.9. The second-order valence-electron chi connectivity index (χ2n) is 4.45. The van der Waals surface area contributed by atoms with Crippen LogP contribution in [-0.2, 0) is 14.6 Å². The number of thioether (sulfide) groups is 1. The van der Waals surface area contributed by atoms with Crippen LogP contribution >= 0.6 is 11.8 Å². The number of aliphatic carboxylic acids is 1. The molecular formula is C12H14N2O7S2. The minimum Gasteiger partial charge on any atom is -0.481 e. The van der Waals surface area contributed by atoms with Crippen LogP contribution in [0.4, 0.5) is 5.69 Å². The van der Waals surface area contributed by atoms with Crippen molar-refractivity contribution in [2.24, 2.45) is 0 Å². The number of carboxylic acids is 1. The third-order valence-electron chi connectivity index (χ3n) is 2.55. The van der Waals surface area contributed by atoms with Crippen molar-refractivity contribution in [3.05, 3.63) is 33.9 Å². The van der Waals surface area contributed by atoms with Crippen LogP contribution < -0.4 is 5.32 Å². The van der Waals surface area contributed by atoms with Crippen LogP contribution in [0, 0.1) is 10.1 Å². The number of nitrogens with one attached hydrogen (secondary N) is 1. The Kier molecular flexibility index (Phi) is 6.51. The summed E-state index contributed by atoms with van der Waals surface area (Å²) in [6, 6.07) is 2.92. The standard InChI is InChI=1S/C12H14N2O7S2/c1-23(20,21)10-5-8(4-9(6-10)14(18)19)12(17)13-2-3-22-7-11(15)16/h4-6H,2-3,7H2,1H3,(H,13,17)(H,15,16). The Morgan fingerprint density at radius 2 is 2.00 bits per heavy atom. The summed E-state index contributed by atoms with van der Waals surface area (Å²) in [5.41, 5.74) is -0.652. The van der Waals surface area contributed by atoms with Crippen LogP contribution in [0.25, 0.3) is 0 Å². The Morgan fingerprint density at radius 1 is 1.35 bits per heavy atom. The lowest BCUT2D eigenvalue weighted by Crippen LogP contribution is -2.26. The highest BCUT2D eigenvalue weighted by Gasteiger charge is 2.18. The van der Waals surface area contributed by atoms with E-state index in [0.717, 1.165) is 36.2 Å². The number of rotatable bonds is 8. The van der Waals surface area contributed by atoms with Crippen molar-refractivity contribution in [3.63, 3.8) is 0 Å². The largest absolute Gasteiger partial charge is 0.481 e. The molecule has 0 atom stereocenters. The van der Waals surface area contributed by atoms with E-state index in [1.54, 1.807) is 0 Å². The summed E-state index contributed by atoms with van der Waals surface area (Å²) < 4.78 is 23.1. The van der Waals surface area contributed by atoms with E-state index in [0.29, 0.717) is 5.75 Å². The van der Waals surface area contributed by atoms with Crippen LogP contribution in [0.5, 0.6) is 0 Å². The number of nitro groups is 1. The molecule has 9 nitrogen and oxygen atoms in total. The minimum absolute atomic E-state index is 0.106. The Hall–Kier alpha value is -2.14. The molecule has 0 aliphatic heterocycles. The van der Waals surface area contributed by atoms with Gasteiger partial charge in [-0.1, -0.05) is 0 Å². The molecule has 2 N–H and O–H groups in total. The van der Waals surface area contributed by atoms with Gasteiger partial charge >= 0.3 is 5.97 Å². The fourth-order valence-electron chi connectivity index (χ4n) is 1.53. The first-order valence-electron chi connectivity index (χ1n) is 6.18. The maximum Gasteiger partial charge on any atom is 0.313 e. The average molecular weight is 362 g/mol. The molecule has 0 aliphatic carbocycles. The van der Waals surface area contributed by atoms with E-state index in [2.05, 4.69) is 5.32 Å². The maximum absolute atomic E-state index is 11.9. The zero-order valence-electron chi connectivity index (χ0n) is 12.0. The Morgan fingerprint density at radius 3 is 2.52 bits per heavy atom. The Balaban J connectivity index is 2.85. The topological polar surface area (TPSA) is 144 Å². The maximum atomic E-state index is 11.9. The lowest BCUT2D eigenvalue weighted by atomic mass is 10.2. The number of carboxylic acid groups (broad SMARTS) is 1. The van der Waals surface area contributed by atoms with E-state index < -0.39 is 32.3 Å². The molecule has 0 saturated carbocycles. The lowest BCUT2D eigenvalue weighted by molar-refractivity contribution is -0.385. The monoisotopic (exact) mass is 362 g/mol. The number of sulfone groups is 1. The fourth-order valence-corrected chi connectivity index (χ4v) is 2.77. The first-order chi connectivity index (χ1) is 10.6. The molecule has 0 aliphatic rings. The van der Waals surface area contributed by atoms with Crippen LogP contribution in [0.2, 0.25) is 0 Å². The second kappa shape index (κ2) is 7.92. The number of non-ortho nitro benzene ring substituents is 1. The molecule has 126 valence electrons. The number of amides is 1. The Bertz CT molecular complexity index is 731. The fraction of sp³-hybridized carbons (Fsp3) is 0.333. The number of hydrogen-bond donors (Lipinski definition) is 2. The average Bonchev–Trinajstić information content (AvgIpc) is 2.44. The van der Waals surface area contributed by atoms with E-state index in [4.69, 9.17) is 5.11 Å². The molecule has 23 heavy (non-hydrogen) atoms. The predicted octanol–water partition coefficient (Wildman–Crippen LogP) is 0.546. The predicted molar refractivity (Wildman–Crippen MR) is 83.5 cm³/mol. The van der Waals surface area contributed by atoms with Gasteiger partial charge in [-0.05, 0) is 6.07 Å². The Labute approximate surface area is 136 Å². The van der Waals surface area contributed by atoms with Crippen molar-refractivity contribution in [1.82, 2.24) is 5.32 Å². The van der Waals surface area contributed by atoms with Crippen molar-refractivity contribution >= 4 is 39.2 Å². The van der Waals surface area contributed by atoms with Gasteiger partial charge in [-0.2, -0.15) is 0 Å². The van der Waals surface area contributed by atoms with E-state index in [9.17, 15) is 28.1 Å². The molecule has 1 aromatic rings. The summed E-state index contributed by atoms with van der Waals surface area (Å²) in [6.45, 7) is 0.147. The van der Waals surface area contributed by atoms with Gasteiger partial charge in [0.25, 0.3) is 11.6 Å². The van der Waals surface area contributed by atoms with Gasteiger partial charge in [0.1, 0.15) is 0 Å². The van der Waals surface area contributed by atoms with Gasteiger partial charge in [-0.15, -0.1) is 11.8 Å². The highest BCUT2D eigenvalue weighted by molar-refractivity contribution is 7.99. The number of carbonyl (C=O) groups excluding carboxylic acids is 1. The van der Waals surface area contributed by atoms with Gasteiger partial charge in [0.15, 0.2) is 9.84 Å². The molecular weight excluding hydrogens is 348 g/mol. The molecule has 11 heteroatoms. The van der Waals surface area contributed by atoms with Crippen LogP contribution in [-0.4, -0.2) is 54.6 Å². The summed E-state index contributed by atoms with van der Waals surface area (Å²) in [5, 5.41) is 21.7. The molecule has 1 rings (SSSR count). The summed E-state index contributed by atoms with van der Waals surface area (Å²) >= 11 is 1.10. The van der Waals surface area contributed by atoms with Gasteiger partial charge in [0, 0.05) is 36.2 Å². The van der Waals surface area contributed by atoms with Gasteiger partial charge in [-0.25, -0.2) is 8.42 Å². The summed E-state index contributed by atoms with van der Waals surface area (Å²) in [7, 11) is -3.71. The highest BCUT2D eigenvalue weighted by atomic mass is 32.2. The number of carbonyl (C=O) groups is 2.